The van der Waals surface area contributed by atoms with Gasteiger partial charge in [0.05, 0.1) is 32.6 Å². The summed E-state index contributed by atoms with van der Waals surface area (Å²) in [5, 5.41) is 25.4. The highest BCUT2D eigenvalue weighted by Gasteiger charge is 2.49. The zero-order valence-corrected chi connectivity index (χ0v) is 29.1. The first-order valence-corrected chi connectivity index (χ1v) is 16.8. The average Bonchev–Trinajstić information content (AvgIpc) is 3.71. The molecule has 294 valence electrons. The van der Waals surface area contributed by atoms with E-state index in [0.29, 0.717) is 16.8 Å². The fourth-order valence-corrected chi connectivity index (χ4v) is 5.38. The molecule has 0 bridgehead atoms. The number of amides is 2. The van der Waals surface area contributed by atoms with Crippen LogP contribution in [0.5, 0.6) is 0 Å². The Hall–Kier alpha value is -5.38. The van der Waals surface area contributed by atoms with Crippen molar-refractivity contribution in [1.82, 2.24) is 24.8 Å². The number of alkyl halides is 3. The monoisotopic (exact) mass is 797 g/mol. The Labute approximate surface area is 309 Å². The molecule has 5 rings (SSSR count). The quantitative estimate of drug-likeness (QED) is 0.0620. The maximum atomic E-state index is 13.4. The number of halogens is 4. The van der Waals surface area contributed by atoms with Crippen molar-refractivity contribution in [2.24, 2.45) is 0 Å². The molecular weight excluding hydrogens is 765 g/mol. The number of fused-ring (bicyclic) bond motifs is 1. The van der Waals surface area contributed by atoms with Gasteiger partial charge >= 0.3 is 26.9 Å². The number of aromatic nitrogens is 4. The molecule has 2 amide bonds. The Bertz CT molecular complexity index is 1960. The van der Waals surface area contributed by atoms with Crippen molar-refractivity contribution in [3.05, 3.63) is 78.1 Å². The summed E-state index contributed by atoms with van der Waals surface area (Å²) in [5.41, 5.74) is 7.54. The Morgan fingerprint density at radius 2 is 1.75 bits per heavy atom. The first-order chi connectivity index (χ1) is 26.2. The van der Waals surface area contributed by atoms with E-state index in [-0.39, 0.29) is 35.9 Å². The number of nitrogen functional groups attached to an aromatic ring is 1. The number of nitrogens with two attached hydrogens (primary N) is 1. The fourth-order valence-electron chi connectivity index (χ4n) is 5.18. The van der Waals surface area contributed by atoms with Crippen LogP contribution in [-0.2, 0) is 50.7 Å². The molecular formula is C32H32F4N7O11P. The fraction of sp³-hybridized carbons (Fsp3) is 0.375. The van der Waals surface area contributed by atoms with Crippen LogP contribution in [0.2, 0.25) is 0 Å². The molecule has 6 atom stereocenters. The number of imidazole rings is 1. The number of carbonyl (C=O) groups excluding carboxylic acids is 3. The SMILES string of the molecule is Nc1ncnc2c1ncn2C1OC(COP=O)[C@@H](OC(=O)C(COCC(O)C(F)(F)F)NC(=O)OCc2ccc(NC(=O)Cc3ccc(F)cc3)cc2)[C@H]1O. The molecule has 1 saturated heterocycles. The molecule has 2 aromatic carbocycles. The van der Waals surface area contributed by atoms with Crippen LogP contribution in [0.1, 0.15) is 17.4 Å². The molecule has 0 spiro atoms. The van der Waals surface area contributed by atoms with Crippen LogP contribution in [0, 0.1) is 5.82 Å². The number of nitrogens with one attached hydrogen (secondary N) is 2. The molecule has 0 saturated carbocycles. The minimum atomic E-state index is -5.05. The lowest BCUT2D eigenvalue weighted by Crippen LogP contribution is -2.49. The van der Waals surface area contributed by atoms with Crippen LogP contribution >= 0.6 is 8.69 Å². The van der Waals surface area contributed by atoms with Crippen molar-refractivity contribution in [2.45, 2.75) is 55.9 Å². The minimum Gasteiger partial charge on any atom is -0.455 e. The molecule has 3 heterocycles. The highest BCUT2D eigenvalue weighted by molar-refractivity contribution is 7.17. The van der Waals surface area contributed by atoms with Crippen molar-refractivity contribution >= 4 is 49.3 Å². The lowest BCUT2D eigenvalue weighted by Gasteiger charge is -2.24. The number of nitrogens with zero attached hydrogens (tertiary/aromatic N) is 4. The summed E-state index contributed by atoms with van der Waals surface area (Å²) in [6.07, 6.45) is -12.8. The summed E-state index contributed by atoms with van der Waals surface area (Å²) in [6.45, 7) is -3.14. The topological polar surface area (TPSA) is 249 Å². The largest absolute Gasteiger partial charge is 0.455 e. The van der Waals surface area contributed by atoms with E-state index in [1.165, 1.54) is 59.4 Å². The number of hydrogen-bond donors (Lipinski definition) is 5. The van der Waals surface area contributed by atoms with Crippen LogP contribution < -0.4 is 16.4 Å². The van der Waals surface area contributed by atoms with Gasteiger partial charge in [0.2, 0.25) is 5.91 Å². The lowest BCUT2D eigenvalue weighted by atomic mass is 10.1. The average molecular weight is 798 g/mol. The van der Waals surface area contributed by atoms with E-state index in [4.69, 9.17) is 29.2 Å². The normalized spacial score (nSPS) is 19.5. The number of anilines is 2. The van der Waals surface area contributed by atoms with Gasteiger partial charge < -0.3 is 45.5 Å². The Kier molecular flexibility index (Phi) is 13.6. The van der Waals surface area contributed by atoms with Crippen molar-refractivity contribution in [1.29, 1.82) is 0 Å². The molecule has 0 aliphatic carbocycles. The molecule has 23 heteroatoms. The number of aliphatic hydroxyl groups excluding tert-OH is 2. The Morgan fingerprint density at radius 1 is 1.04 bits per heavy atom. The van der Waals surface area contributed by atoms with Crippen LogP contribution in [0.25, 0.3) is 11.2 Å². The number of hydrogen-bond acceptors (Lipinski definition) is 15. The highest BCUT2D eigenvalue weighted by Crippen LogP contribution is 2.34. The molecule has 0 radical (unpaired) electrons. The summed E-state index contributed by atoms with van der Waals surface area (Å²) in [6, 6.07) is 9.62. The third-order valence-corrected chi connectivity index (χ3v) is 8.17. The van der Waals surface area contributed by atoms with Crippen LogP contribution in [0.3, 0.4) is 0 Å². The van der Waals surface area contributed by atoms with E-state index in [1.807, 2.05) is 0 Å². The standard InChI is InChI=1S/C32H32F4N7O11P/c33-18-5-1-16(2-6-18)9-23(45)41-19-7-3-17(4-8-19)10-51-31(48)42-20(11-50-13-22(44)32(34,35)36)30(47)54-26-21(12-52-55-49)53-29(25(26)46)43-15-40-24-27(37)38-14-39-28(24)43/h1-8,14-15,20-22,25-26,29,44,46H,9-13H2,(H,41,45)(H,42,48)(H2,37,38,39)/t20?,21?,22?,25-,26-,29?/m1/s1. The summed E-state index contributed by atoms with van der Waals surface area (Å²) >= 11 is 0. The maximum absolute atomic E-state index is 13.4. The zero-order valence-electron chi connectivity index (χ0n) is 28.2. The lowest BCUT2D eigenvalue weighted by molar-refractivity contribution is -0.218. The molecule has 1 fully saturated rings. The predicted octanol–water partition coefficient (Wildman–Crippen LogP) is 2.36. The third-order valence-electron chi connectivity index (χ3n) is 7.91. The second-order valence-electron chi connectivity index (χ2n) is 11.8. The van der Waals surface area contributed by atoms with E-state index in [0.717, 1.165) is 6.33 Å². The van der Waals surface area contributed by atoms with Gasteiger partial charge in [-0.1, -0.05) is 24.3 Å². The third kappa shape index (κ3) is 10.9. The second kappa shape index (κ2) is 18.3. The van der Waals surface area contributed by atoms with Crippen LogP contribution in [0.4, 0.5) is 33.9 Å². The second-order valence-corrected chi connectivity index (χ2v) is 12.2. The Morgan fingerprint density at radius 3 is 2.44 bits per heavy atom. The van der Waals surface area contributed by atoms with E-state index < -0.39 is 89.2 Å². The molecule has 55 heavy (non-hydrogen) atoms. The first kappa shape index (κ1) is 40.8. The maximum Gasteiger partial charge on any atom is 0.416 e. The van der Waals surface area contributed by atoms with Gasteiger partial charge in [-0.3, -0.25) is 13.9 Å². The van der Waals surface area contributed by atoms with Crippen LogP contribution in [-0.4, -0.2) is 104 Å². The van der Waals surface area contributed by atoms with E-state index >= 15 is 0 Å². The minimum absolute atomic E-state index is 0.0118. The number of esters is 1. The molecule has 6 N–H and O–H groups in total. The van der Waals surface area contributed by atoms with Gasteiger partial charge in [-0.15, -0.1) is 0 Å². The molecule has 4 aromatic rings. The van der Waals surface area contributed by atoms with Gasteiger partial charge in [0.25, 0.3) is 0 Å². The molecule has 18 nitrogen and oxygen atoms in total. The first-order valence-electron chi connectivity index (χ1n) is 16.0. The summed E-state index contributed by atoms with van der Waals surface area (Å²) in [7, 11) is -0.784. The van der Waals surface area contributed by atoms with Gasteiger partial charge in [-0.2, -0.15) is 13.2 Å². The number of carbonyl (C=O) groups is 3. The molecule has 2 aromatic heterocycles. The van der Waals surface area contributed by atoms with Crippen molar-refractivity contribution in [2.75, 3.05) is 30.9 Å². The number of rotatable bonds is 16. The van der Waals surface area contributed by atoms with Crippen molar-refractivity contribution < 1.29 is 70.2 Å². The molecule has 1 aliphatic heterocycles. The van der Waals surface area contributed by atoms with E-state index in [9.17, 15) is 46.7 Å². The number of ether oxygens (including phenoxy) is 4. The van der Waals surface area contributed by atoms with Gasteiger partial charge in [-0.05, 0) is 35.4 Å². The van der Waals surface area contributed by atoms with Crippen LogP contribution in [0.15, 0.2) is 61.2 Å². The number of alkyl carbamates (subject to hydrolysis) is 1. The summed E-state index contributed by atoms with van der Waals surface area (Å²) < 4.78 is 90.3. The predicted molar refractivity (Wildman–Crippen MR) is 178 cm³/mol. The van der Waals surface area contributed by atoms with Crippen molar-refractivity contribution in [3.8, 4) is 0 Å². The number of benzene rings is 2. The van der Waals surface area contributed by atoms with Gasteiger partial charge in [-0.25, -0.2) is 33.5 Å². The Balaban J connectivity index is 1.22. The van der Waals surface area contributed by atoms with Gasteiger partial charge in [0.1, 0.15) is 36.5 Å². The molecule has 1 aliphatic rings. The van der Waals surface area contributed by atoms with Crippen molar-refractivity contribution in [3.63, 3.8) is 0 Å². The smallest absolute Gasteiger partial charge is 0.416 e. The summed E-state index contributed by atoms with van der Waals surface area (Å²) in [4.78, 5) is 50.6. The van der Waals surface area contributed by atoms with Gasteiger partial charge in [0, 0.05) is 5.69 Å². The highest BCUT2D eigenvalue weighted by atomic mass is 31.1. The molecule has 4 unspecified atom stereocenters. The number of aliphatic hydroxyl groups is 2. The van der Waals surface area contributed by atoms with Gasteiger partial charge in [0.15, 0.2) is 35.9 Å². The van der Waals surface area contributed by atoms with E-state index in [1.54, 1.807) is 0 Å². The summed E-state index contributed by atoms with van der Waals surface area (Å²) in [5.74, 6) is -2.13. The zero-order chi connectivity index (χ0) is 39.7. The van der Waals surface area contributed by atoms with E-state index in [2.05, 4.69) is 25.6 Å².